The SMILES string of the molecule is CC(C)(C)N(C(=O)O)C1=N[C@@]2(c3ccccc3F)CC[C@@H](F)C[C@H]2CS1.CC(C)(C)N(C(=O)O)C1=N[C@@]2(c3ccccc3F)CC[C@H](O)C[C@H]2CS1. The molecule has 0 saturated heterocycles. The van der Waals surface area contributed by atoms with Crippen LogP contribution in [0.25, 0.3) is 0 Å². The average Bonchev–Trinajstić information content (AvgIpc) is 3.04. The number of carboxylic acid groups (broad SMARTS) is 2. The minimum Gasteiger partial charge on any atom is -0.465 e. The summed E-state index contributed by atoms with van der Waals surface area (Å²) in [5.41, 5.74) is -2.15. The molecular formula is C38H49F3N4O5S2. The predicted molar refractivity (Wildman–Crippen MR) is 201 cm³/mol. The summed E-state index contributed by atoms with van der Waals surface area (Å²) in [6.07, 6.45) is -0.939. The second kappa shape index (κ2) is 15.3. The third kappa shape index (κ3) is 7.99. The van der Waals surface area contributed by atoms with Gasteiger partial charge in [-0.2, -0.15) is 0 Å². The quantitative estimate of drug-likeness (QED) is 0.279. The molecule has 2 aromatic rings. The molecule has 2 aliphatic carbocycles. The molecule has 9 nitrogen and oxygen atoms in total. The lowest BCUT2D eigenvalue weighted by molar-refractivity contribution is 0.0588. The van der Waals surface area contributed by atoms with E-state index in [-0.39, 0.29) is 23.5 Å². The first kappa shape index (κ1) is 40.0. The number of alkyl halides is 1. The Hall–Kier alpha value is -3.23. The van der Waals surface area contributed by atoms with Gasteiger partial charge in [0.25, 0.3) is 0 Å². The molecule has 0 unspecified atom stereocenters. The maximum Gasteiger partial charge on any atom is 0.413 e. The number of rotatable bonds is 2. The number of carbonyl (C=O) groups is 2. The van der Waals surface area contributed by atoms with Crippen molar-refractivity contribution in [2.24, 2.45) is 21.8 Å². The van der Waals surface area contributed by atoms with Gasteiger partial charge in [0.1, 0.15) is 17.8 Å². The highest BCUT2D eigenvalue weighted by atomic mass is 32.2. The standard InChI is InChI=1S/C19H24F2N2O2S.C19H25FN2O3S/c1-18(2,3)23(17(24)25)16-22-19(14-6-4-5-7-15(14)21)9-8-13(20)10-12(19)11-26-16;1-18(2,3)22(17(24)25)16-21-19(14-6-4-5-7-15(14)20)9-8-13(23)10-12(19)11-26-16/h4-7,12-13H,8-11H2,1-3H3,(H,24,25);4-7,12-13,23H,8-11H2,1-3H3,(H,24,25)/t12-,13+,19-;12-,13-,19-/m00/s1. The number of hydrogen-bond donors (Lipinski definition) is 3. The molecule has 6 rings (SSSR count). The molecule has 2 heterocycles. The van der Waals surface area contributed by atoms with Crippen LogP contribution in [0.4, 0.5) is 22.8 Å². The summed E-state index contributed by atoms with van der Waals surface area (Å²) in [5.74, 6) is 0.223. The molecular weight excluding hydrogens is 714 g/mol. The molecule has 6 atom stereocenters. The van der Waals surface area contributed by atoms with E-state index in [0.717, 1.165) is 0 Å². The van der Waals surface area contributed by atoms with E-state index in [4.69, 9.17) is 9.98 Å². The Bertz CT molecular complexity index is 1590. The van der Waals surface area contributed by atoms with Crippen molar-refractivity contribution in [1.29, 1.82) is 0 Å². The second-order valence-electron chi connectivity index (χ2n) is 16.0. The van der Waals surface area contributed by atoms with Crippen LogP contribution in [0.15, 0.2) is 58.5 Å². The van der Waals surface area contributed by atoms with Crippen molar-refractivity contribution in [3.63, 3.8) is 0 Å². The maximum atomic E-state index is 14.7. The van der Waals surface area contributed by atoms with E-state index in [2.05, 4.69) is 0 Å². The highest BCUT2D eigenvalue weighted by Gasteiger charge is 2.52. The van der Waals surface area contributed by atoms with E-state index in [1.54, 1.807) is 57.2 Å². The normalized spacial score (nSPS) is 28.9. The van der Waals surface area contributed by atoms with Gasteiger partial charge in [-0.25, -0.2) is 22.8 Å². The van der Waals surface area contributed by atoms with Crippen molar-refractivity contribution in [3.05, 3.63) is 71.3 Å². The van der Waals surface area contributed by atoms with Gasteiger partial charge in [-0.05, 0) is 92.2 Å². The Morgan fingerprint density at radius 2 is 1.13 bits per heavy atom. The van der Waals surface area contributed by atoms with Crippen LogP contribution >= 0.6 is 23.5 Å². The number of fused-ring (bicyclic) bond motifs is 2. The number of amides is 2. The first-order valence-corrected chi connectivity index (χ1v) is 19.6. The lowest BCUT2D eigenvalue weighted by Gasteiger charge is -2.47. The fourth-order valence-electron chi connectivity index (χ4n) is 7.89. The molecule has 2 aromatic carbocycles. The highest BCUT2D eigenvalue weighted by molar-refractivity contribution is 8.14. The van der Waals surface area contributed by atoms with Gasteiger partial charge in [-0.1, -0.05) is 59.9 Å². The van der Waals surface area contributed by atoms with Gasteiger partial charge in [-0.15, -0.1) is 0 Å². The van der Waals surface area contributed by atoms with Crippen LogP contribution in [0.5, 0.6) is 0 Å². The number of hydrogen-bond acceptors (Lipinski definition) is 7. The Morgan fingerprint density at radius 3 is 1.54 bits per heavy atom. The van der Waals surface area contributed by atoms with Crippen LogP contribution in [0.3, 0.4) is 0 Å². The van der Waals surface area contributed by atoms with Gasteiger partial charge in [0.15, 0.2) is 10.3 Å². The highest BCUT2D eigenvalue weighted by Crippen LogP contribution is 2.52. The average molecular weight is 763 g/mol. The molecule has 52 heavy (non-hydrogen) atoms. The largest absolute Gasteiger partial charge is 0.465 e. The molecule has 0 bridgehead atoms. The fourth-order valence-corrected chi connectivity index (χ4v) is 10.8. The summed E-state index contributed by atoms with van der Waals surface area (Å²) < 4.78 is 43.4. The molecule has 0 spiro atoms. The molecule has 0 aromatic heterocycles. The lowest BCUT2D eigenvalue weighted by Crippen LogP contribution is -2.52. The van der Waals surface area contributed by atoms with Crippen LogP contribution in [-0.2, 0) is 11.1 Å². The first-order chi connectivity index (χ1) is 24.3. The zero-order valence-corrected chi connectivity index (χ0v) is 32.1. The molecule has 2 aliphatic heterocycles. The fraction of sp³-hybridized carbons (Fsp3) is 0.579. The van der Waals surface area contributed by atoms with Gasteiger partial charge in [0.2, 0.25) is 0 Å². The molecule has 284 valence electrons. The first-order valence-electron chi connectivity index (χ1n) is 17.6. The topological polar surface area (TPSA) is 126 Å². The molecule has 0 radical (unpaired) electrons. The number of aliphatic imine (C=N–C) groups is 2. The number of aliphatic hydroxyl groups excluding tert-OH is 1. The zero-order chi connectivity index (χ0) is 38.2. The van der Waals surface area contributed by atoms with E-state index >= 15 is 0 Å². The van der Waals surface area contributed by atoms with Gasteiger partial charge in [0, 0.05) is 45.5 Å². The summed E-state index contributed by atoms with van der Waals surface area (Å²) in [4.78, 5) is 35.9. The smallest absolute Gasteiger partial charge is 0.413 e. The number of amidine groups is 2. The molecule has 2 fully saturated rings. The Morgan fingerprint density at radius 1 is 0.731 bits per heavy atom. The van der Waals surface area contributed by atoms with Gasteiger partial charge >= 0.3 is 12.2 Å². The zero-order valence-electron chi connectivity index (χ0n) is 30.5. The lowest BCUT2D eigenvalue weighted by atomic mass is 9.69. The van der Waals surface area contributed by atoms with Gasteiger partial charge in [-0.3, -0.25) is 19.8 Å². The third-order valence-electron chi connectivity index (χ3n) is 10.3. The summed E-state index contributed by atoms with van der Waals surface area (Å²) in [6.45, 7) is 10.8. The van der Waals surface area contributed by atoms with Crippen molar-refractivity contribution >= 4 is 46.0 Å². The van der Waals surface area contributed by atoms with E-state index in [9.17, 15) is 38.1 Å². The minimum atomic E-state index is -1.09. The van der Waals surface area contributed by atoms with Gasteiger partial charge < -0.3 is 15.3 Å². The predicted octanol–water partition coefficient (Wildman–Crippen LogP) is 9.10. The van der Waals surface area contributed by atoms with E-state index in [1.165, 1.54) is 45.5 Å². The molecule has 3 N–H and O–H groups in total. The molecule has 2 saturated carbocycles. The third-order valence-corrected chi connectivity index (χ3v) is 12.6. The monoisotopic (exact) mass is 762 g/mol. The number of nitrogens with zero attached hydrogens (tertiary/aromatic N) is 4. The summed E-state index contributed by atoms with van der Waals surface area (Å²) >= 11 is 2.69. The van der Waals surface area contributed by atoms with Crippen LogP contribution in [0, 0.1) is 23.5 Å². The molecule has 2 amide bonds. The van der Waals surface area contributed by atoms with Crippen LogP contribution in [0.2, 0.25) is 0 Å². The van der Waals surface area contributed by atoms with Crippen LogP contribution in [-0.4, -0.2) is 82.5 Å². The summed E-state index contributed by atoms with van der Waals surface area (Å²) in [7, 11) is 0. The summed E-state index contributed by atoms with van der Waals surface area (Å²) in [5, 5.41) is 30.3. The van der Waals surface area contributed by atoms with Crippen LogP contribution in [0.1, 0.15) is 91.2 Å². The van der Waals surface area contributed by atoms with Crippen LogP contribution < -0.4 is 0 Å². The summed E-state index contributed by atoms with van der Waals surface area (Å²) in [6, 6.07) is 13.0. The Labute approximate surface area is 312 Å². The number of aliphatic hydroxyl groups is 1. The van der Waals surface area contributed by atoms with Crippen molar-refractivity contribution in [1.82, 2.24) is 9.80 Å². The van der Waals surface area contributed by atoms with Gasteiger partial charge in [0.05, 0.1) is 17.2 Å². The minimum absolute atomic E-state index is 0.0347. The van der Waals surface area contributed by atoms with Crippen molar-refractivity contribution < 1.29 is 38.1 Å². The second-order valence-corrected chi connectivity index (χ2v) is 18.0. The van der Waals surface area contributed by atoms with E-state index in [1.807, 2.05) is 20.8 Å². The maximum absolute atomic E-state index is 14.7. The van der Waals surface area contributed by atoms with E-state index < -0.39 is 46.6 Å². The molecule has 14 heteroatoms. The Kier molecular flexibility index (Phi) is 11.7. The van der Waals surface area contributed by atoms with E-state index in [0.29, 0.717) is 71.5 Å². The van der Waals surface area contributed by atoms with Crippen molar-refractivity contribution in [2.75, 3.05) is 11.5 Å². The number of halogens is 3. The number of thioether (sulfide) groups is 2. The number of benzene rings is 2. The van der Waals surface area contributed by atoms with Crippen molar-refractivity contribution in [3.8, 4) is 0 Å². The van der Waals surface area contributed by atoms with Crippen molar-refractivity contribution in [2.45, 2.75) is 114 Å². The molecule has 4 aliphatic rings. The Balaban J connectivity index is 0.000000201.